The minimum absolute atomic E-state index is 0.0431. The number of halogens is 1. The number of nitrogens with zero attached hydrogens (tertiary/aromatic N) is 1. The van der Waals surface area contributed by atoms with Gasteiger partial charge in [-0.2, -0.15) is 5.26 Å². The Kier molecular flexibility index (Phi) is 3.20. The molecule has 0 bridgehead atoms. The largest absolute Gasteiger partial charge is 0.359 e. The molecule has 3 N–H and O–H groups in total. The SMILES string of the molecule is N#Cc1ccc(-c2cccc3c(S(N)(=O)=O)c[nH]c23)c(F)c1. The first-order valence-electron chi connectivity index (χ1n) is 6.25. The smallest absolute Gasteiger partial charge is 0.240 e. The summed E-state index contributed by atoms with van der Waals surface area (Å²) in [5, 5.41) is 14.3. The van der Waals surface area contributed by atoms with Crippen LogP contribution in [-0.2, 0) is 10.0 Å². The van der Waals surface area contributed by atoms with E-state index in [0.717, 1.165) is 6.07 Å². The van der Waals surface area contributed by atoms with E-state index in [1.54, 1.807) is 18.2 Å². The van der Waals surface area contributed by atoms with Crippen LogP contribution in [0.25, 0.3) is 22.0 Å². The summed E-state index contributed by atoms with van der Waals surface area (Å²) in [6, 6.07) is 10.9. The maximum Gasteiger partial charge on any atom is 0.240 e. The third-order valence-electron chi connectivity index (χ3n) is 3.37. The van der Waals surface area contributed by atoms with Crippen molar-refractivity contribution in [1.29, 1.82) is 5.26 Å². The number of hydrogen-bond donors (Lipinski definition) is 2. The molecule has 0 aliphatic rings. The molecule has 0 saturated carbocycles. The summed E-state index contributed by atoms with van der Waals surface area (Å²) < 4.78 is 37.3. The normalized spacial score (nSPS) is 11.5. The van der Waals surface area contributed by atoms with Crippen molar-refractivity contribution in [2.24, 2.45) is 5.14 Å². The number of primary sulfonamides is 1. The first-order chi connectivity index (χ1) is 10.4. The van der Waals surface area contributed by atoms with Crippen molar-refractivity contribution in [3.05, 3.63) is 54.0 Å². The molecule has 7 heteroatoms. The van der Waals surface area contributed by atoms with E-state index < -0.39 is 15.8 Å². The molecule has 1 aromatic heterocycles. The van der Waals surface area contributed by atoms with Gasteiger partial charge in [0.2, 0.25) is 10.0 Å². The van der Waals surface area contributed by atoms with Gasteiger partial charge in [0.1, 0.15) is 10.7 Å². The Morgan fingerprint density at radius 3 is 2.59 bits per heavy atom. The Labute approximate surface area is 125 Å². The van der Waals surface area contributed by atoms with E-state index in [0.29, 0.717) is 16.5 Å². The highest BCUT2D eigenvalue weighted by atomic mass is 32.2. The monoisotopic (exact) mass is 315 g/mol. The number of H-pyrrole nitrogens is 1. The molecular weight excluding hydrogens is 305 g/mol. The van der Waals surface area contributed by atoms with Crippen LogP contribution in [0, 0.1) is 17.1 Å². The van der Waals surface area contributed by atoms with E-state index in [1.807, 2.05) is 6.07 Å². The summed E-state index contributed by atoms with van der Waals surface area (Å²) in [4.78, 5) is 2.78. The highest BCUT2D eigenvalue weighted by molar-refractivity contribution is 7.89. The first-order valence-corrected chi connectivity index (χ1v) is 7.79. The Balaban J connectivity index is 2.30. The lowest BCUT2D eigenvalue weighted by Crippen LogP contribution is -2.11. The number of aromatic nitrogens is 1. The van der Waals surface area contributed by atoms with E-state index in [2.05, 4.69) is 4.98 Å². The van der Waals surface area contributed by atoms with E-state index >= 15 is 0 Å². The summed E-state index contributed by atoms with van der Waals surface area (Å²) in [6.07, 6.45) is 1.28. The van der Waals surface area contributed by atoms with Gasteiger partial charge in [-0.1, -0.05) is 24.3 Å². The molecule has 3 aromatic rings. The minimum atomic E-state index is -3.87. The average Bonchev–Trinajstić information content (AvgIpc) is 2.91. The van der Waals surface area contributed by atoms with Crippen LogP contribution in [0.4, 0.5) is 4.39 Å². The Bertz CT molecular complexity index is 1030. The molecule has 0 unspecified atom stereocenters. The predicted octanol–water partition coefficient (Wildman–Crippen LogP) is 2.49. The van der Waals surface area contributed by atoms with Crippen molar-refractivity contribution >= 4 is 20.9 Å². The van der Waals surface area contributed by atoms with E-state index in [-0.39, 0.29) is 16.0 Å². The van der Waals surface area contributed by atoms with Crippen molar-refractivity contribution in [1.82, 2.24) is 4.98 Å². The van der Waals surface area contributed by atoms with Gasteiger partial charge in [0.25, 0.3) is 0 Å². The van der Waals surface area contributed by atoms with Crippen molar-refractivity contribution in [3.8, 4) is 17.2 Å². The molecule has 0 fully saturated rings. The molecule has 2 aromatic carbocycles. The lowest BCUT2D eigenvalue weighted by Gasteiger charge is -2.06. The zero-order valence-corrected chi connectivity index (χ0v) is 12.0. The maximum absolute atomic E-state index is 14.2. The number of nitrogens with two attached hydrogens (primary N) is 1. The van der Waals surface area contributed by atoms with Crippen LogP contribution in [0.1, 0.15) is 5.56 Å². The topological polar surface area (TPSA) is 99.7 Å². The molecular formula is C15H10FN3O2S. The second kappa shape index (κ2) is 4.94. The number of hydrogen-bond acceptors (Lipinski definition) is 3. The second-order valence-corrected chi connectivity index (χ2v) is 6.26. The van der Waals surface area contributed by atoms with Crippen molar-refractivity contribution in [2.45, 2.75) is 4.90 Å². The highest BCUT2D eigenvalue weighted by Gasteiger charge is 2.17. The fourth-order valence-corrected chi connectivity index (χ4v) is 3.09. The van der Waals surface area contributed by atoms with Gasteiger partial charge in [-0.25, -0.2) is 17.9 Å². The molecule has 1 heterocycles. The van der Waals surface area contributed by atoms with Crippen LogP contribution in [0.5, 0.6) is 0 Å². The second-order valence-electron chi connectivity index (χ2n) is 4.73. The Hall–Kier alpha value is -2.69. The molecule has 5 nitrogen and oxygen atoms in total. The summed E-state index contributed by atoms with van der Waals surface area (Å²) in [5.74, 6) is -0.557. The molecule has 0 atom stereocenters. The quantitative estimate of drug-likeness (QED) is 0.759. The summed E-state index contributed by atoms with van der Waals surface area (Å²) in [5.41, 5.74) is 1.45. The van der Waals surface area contributed by atoms with E-state index in [9.17, 15) is 12.8 Å². The Morgan fingerprint density at radius 2 is 1.95 bits per heavy atom. The standard InChI is InChI=1S/C15H10FN3O2S/c16-13-6-9(7-17)4-5-10(13)11-2-1-3-12-14(22(18,20)21)8-19-15(11)12/h1-6,8,19H,(H2,18,20,21). The number of nitrogens with one attached hydrogen (secondary N) is 1. The van der Waals surface area contributed by atoms with Gasteiger partial charge in [0.05, 0.1) is 17.1 Å². The van der Waals surface area contributed by atoms with Gasteiger partial charge in [-0.15, -0.1) is 0 Å². The third kappa shape index (κ3) is 2.24. The predicted molar refractivity (Wildman–Crippen MR) is 79.8 cm³/mol. The van der Waals surface area contributed by atoms with Gasteiger partial charge in [0.15, 0.2) is 0 Å². The van der Waals surface area contributed by atoms with Gasteiger partial charge in [0, 0.05) is 22.7 Å². The Morgan fingerprint density at radius 1 is 1.18 bits per heavy atom. The number of aromatic amines is 1. The maximum atomic E-state index is 14.2. The number of benzene rings is 2. The summed E-state index contributed by atoms with van der Waals surface area (Å²) in [7, 11) is -3.87. The first kappa shape index (κ1) is 14.3. The lowest BCUT2D eigenvalue weighted by atomic mass is 10.0. The van der Waals surface area contributed by atoms with Crippen LogP contribution in [-0.4, -0.2) is 13.4 Å². The average molecular weight is 315 g/mol. The van der Waals surface area contributed by atoms with Crippen LogP contribution in [0.2, 0.25) is 0 Å². The molecule has 0 saturated heterocycles. The third-order valence-corrected chi connectivity index (χ3v) is 4.32. The van der Waals surface area contributed by atoms with Gasteiger partial charge in [-0.05, 0) is 12.1 Å². The zero-order valence-electron chi connectivity index (χ0n) is 11.2. The van der Waals surface area contributed by atoms with Crippen molar-refractivity contribution in [3.63, 3.8) is 0 Å². The summed E-state index contributed by atoms with van der Waals surface area (Å²) in [6.45, 7) is 0. The van der Waals surface area contributed by atoms with E-state index in [4.69, 9.17) is 10.4 Å². The van der Waals surface area contributed by atoms with Gasteiger partial charge >= 0.3 is 0 Å². The number of fused-ring (bicyclic) bond motifs is 1. The molecule has 0 spiro atoms. The number of sulfonamides is 1. The van der Waals surface area contributed by atoms with Crippen molar-refractivity contribution in [2.75, 3.05) is 0 Å². The molecule has 110 valence electrons. The number of para-hydroxylation sites is 1. The van der Waals surface area contributed by atoms with Gasteiger partial charge < -0.3 is 4.98 Å². The fraction of sp³-hybridized carbons (Fsp3) is 0. The fourth-order valence-electron chi connectivity index (χ4n) is 2.39. The molecule has 3 rings (SSSR count). The molecule has 0 aliphatic carbocycles. The van der Waals surface area contributed by atoms with E-state index in [1.165, 1.54) is 18.3 Å². The molecule has 0 radical (unpaired) electrons. The van der Waals surface area contributed by atoms with Crippen LogP contribution < -0.4 is 5.14 Å². The van der Waals surface area contributed by atoms with Crippen LogP contribution in [0.3, 0.4) is 0 Å². The summed E-state index contributed by atoms with van der Waals surface area (Å²) >= 11 is 0. The lowest BCUT2D eigenvalue weighted by molar-refractivity contribution is 0.598. The zero-order chi connectivity index (χ0) is 15.9. The van der Waals surface area contributed by atoms with Crippen molar-refractivity contribution < 1.29 is 12.8 Å². The highest BCUT2D eigenvalue weighted by Crippen LogP contribution is 2.32. The van der Waals surface area contributed by atoms with Crippen LogP contribution >= 0.6 is 0 Å². The van der Waals surface area contributed by atoms with Gasteiger partial charge in [-0.3, -0.25) is 0 Å². The van der Waals surface area contributed by atoms with Crippen LogP contribution in [0.15, 0.2) is 47.5 Å². The molecule has 0 aliphatic heterocycles. The molecule has 22 heavy (non-hydrogen) atoms. The number of nitriles is 1. The molecule has 0 amide bonds. The number of rotatable bonds is 2. The minimum Gasteiger partial charge on any atom is -0.359 e.